The normalized spacial score (nSPS) is 27.3. The summed E-state index contributed by atoms with van der Waals surface area (Å²) in [5.74, 6) is 0. The molecule has 72 valence electrons. The summed E-state index contributed by atoms with van der Waals surface area (Å²) in [6, 6.07) is -0.541. The molecule has 0 aromatic rings. The van der Waals surface area contributed by atoms with Crippen molar-refractivity contribution in [3.05, 3.63) is 0 Å². The quantitative estimate of drug-likeness (QED) is 0.611. The van der Waals surface area contributed by atoms with Gasteiger partial charge in [-0.15, -0.1) is 0 Å². The van der Waals surface area contributed by atoms with E-state index in [0.29, 0.717) is 6.61 Å². The van der Waals surface area contributed by atoms with Crippen LogP contribution in [-0.4, -0.2) is 50.2 Å². The molecule has 12 heavy (non-hydrogen) atoms. The average molecular weight is 216 g/mol. The zero-order valence-corrected chi connectivity index (χ0v) is 7.88. The van der Waals surface area contributed by atoms with Gasteiger partial charge in [0.25, 0.3) is 9.24 Å². The largest absolute Gasteiger partial charge is 0.395 e. The van der Waals surface area contributed by atoms with Gasteiger partial charge in [0.1, 0.15) is 0 Å². The lowest BCUT2D eigenvalue weighted by Gasteiger charge is -2.30. The molecule has 0 bridgehead atoms. The minimum atomic E-state index is -3.72. The molecule has 1 saturated heterocycles. The summed E-state index contributed by atoms with van der Waals surface area (Å²) in [6.45, 7) is 0.452. The maximum absolute atomic E-state index is 10.9. The fraction of sp³-hybridized carbons (Fsp3) is 1.00. The topological polar surface area (TPSA) is 66.8 Å². The molecule has 1 N–H and O–H groups in total. The minimum Gasteiger partial charge on any atom is -0.395 e. The van der Waals surface area contributed by atoms with Gasteiger partial charge < -0.3 is 9.84 Å². The molecule has 7 heteroatoms. The standard InChI is InChI=1S/C5H10ClNO4S/c6-12(9,10)7-1-2-11-4-5(7)3-8/h5,8H,1-4H2. The highest BCUT2D eigenvalue weighted by Gasteiger charge is 2.30. The van der Waals surface area contributed by atoms with Gasteiger partial charge in [0.2, 0.25) is 0 Å². The van der Waals surface area contributed by atoms with Crippen molar-refractivity contribution >= 4 is 19.9 Å². The monoisotopic (exact) mass is 215 g/mol. The highest BCUT2D eigenvalue weighted by Crippen LogP contribution is 2.14. The van der Waals surface area contributed by atoms with E-state index in [1.54, 1.807) is 0 Å². The molecule has 0 aromatic carbocycles. The Hall–Kier alpha value is 0.120. The Morgan fingerprint density at radius 3 is 2.75 bits per heavy atom. The Morgan fingerprint density at radius 2 is 2.33 bits per heavy atom. The fourth-order valence-corrected chi connectivity index (χ4v) is 2.39. The van der Waals surface area contributed by atoms with Crippen LogP contribution in [0.15, 0.2) is 0 Å². The van der Waals surface area contributed by atoms with Crippen LogP contribution >= 0.6 is 10.7 Å². The van der Waals surface area contributed by atoms with E-state index >= 15 is 0 Å². The van der Waals surface area contributed by atoms with Crippen molar-refractivity contribution in [2.75, 3.05) is 26.4 Å². The van der Waals surface area contributed by atoms with Crippen molar-refractivity contribution in [1.29, 1.82) is 0 Å². The maximum atomic E-state index is 10.9. The van der Waals surface area contributed by atoms with Crippen LogP contribution < -0.4 is 0 Å². The summed E-state index contributed by atoms with van der Waals surface area (Å²) in [7, 11) is 1.40. The van der Waals surface area contributed by atoms with Crippen LogP contribution in [0.4, 0.5) is 0 Å². The van der Waals surface area contributed by atoms with Gasteiger partial charge in [0.15, 0.2) is 0 Å². The van der Waals surface area contributed by atoms with Crippen molar-refractivity contribution in [3.8, 4) is 0 Å². The van der Waals surface area contributed by atoms with E-state index in [-0.39, 0.29) is 19.8 Å². The highest BCUT2D eigenvalue weighted by atomic mass is 35.7. The average Bonchev–Trinajstić information content (AvgIpc) is 2.03. The molecule has 1 rings (SSSR count). The molecule has 0 aromatic heterocycles. The number of rotatable bonds is 2. The molecular formula is C5H10ClNO4S. The Balaban J connectivity index is 2.72. The Bertz CT molecular complexity index is 242. The zero-order chi connectivity index (χ0) is 9.19. The van der Waals surface area contributed by atoms with Crippen LogP contribution in [0.3, 0.4) is 0 Å². The van der Waals surface area contributed by atoms with Gasteiger partial charge in [-0.2, -0.15) is 12.7 Å². The van der Waals surface area contributed by atoms with Crippen molar-refractivity contribution in [3.63, 3.8) is 0 Å². The van der Waals surface area contributed by atoms with Gasteiger partial charge in [0.05, 0.1) is 25.9 Å². The number of morpholine rings is 1. The van der Waals surface area contributed by atoms with Gasteiger partial charge in [-0.25, -0.2) is 0 Å². The molecule has 5 nitrogen and oxygen atoms in total. The molecule has 0 spiro atoms. The first kappa shape index (κ1) is 10.2. The third-order valence-electron chi connectivity index (χ3n) is 1.66. The number of ether oxygens (including phenoxy) is 1. The van der Waals surface area contributed by atoms with E-state index in [9.17, 15) is 8.42 Å². The van der Waals surface area contributed by atoms with Crippen LogP contribution in [0.1, 0.15) is 0 Å². The van der Waals surface area contributed by atoms with Crippen molar-refractivity contribution < 1.29 is 18.3 Å². The predicted molar refractivity (Wildman–Crippen MR) is 43.2 cm³/mol. The molecule has 1 unspecified atom stereocenters. The summed E-state index contributed by atoms with van der Waals surface area (Å²) in [5, 5.41) is 8.78. The van der Waals surface area contributed by atoms with E-state index in [2.05, 4.69) is 0 Å². The Labute approximate surface area is 75.4 Å². The summed E-state index contributed by atoms with van der Waals surface area (Å²) in [5.41, 5.74) is 0. The molecule has 1 fully saturated rings. The van der Waals surface area contributed by atoms with Crippen LogP contribution in [0.5, 0.6) is 0 Å². The second-order valence-electron chi connectivity index (χ2n) is 2.46. The summed E-state index contributed by atoms with van der Waals surface area (Å²) in [6.07, 6.45) is 0. The van der Waals surface area contributed by atoms with Gasteiger partial charge in [-0.05, 0) is 0 Å². The van der Waals surface area contributed by atoms with Gasteiger partial charge >= 0.3 is 0 Å². The molecule has 1 heterocycles. The molecule has 1 aliphatic heterocycles. The third kappa shape index (κ3) is 2.30. The number of nitrogens with zero attached hydrogens (tertiary/aromatic N) is 1. The predicted octanol–water partition coefficient (Wildman–Crippen LogP) is -0.837. The third-order valence-corrected chi connectivity index (χ3v) is 3.24. The van der Waals surface area contributed by atoms with E-state index in [1.165, 1.54) is 0 Å². The molecule has 1 aliphatic rings. The van der Waals surface area contributed by atoms with Crippen molar-refractivity contribution in [1.82, 2.24) is 4.31 Å². The molecule has 1 atom stereocenters. The van der Waals surface area contributed by atoms with E-state index < -0.39 is 15.3 Å². The number of halogens is 1. The first-order valence-corrected chi connectivity index (χ1v) is 5.72. The van der Waals surface area contributed by atoms with Crippen LogP contribution in [0.25, 0.3) is 0 Å². The number of aliphatic hydroxyl groups excluding tert-OH is 1. The summed E-state index contributed by atoms with van der Waals surface area (Å²) in [4.78, 5) is 0. The minimum absolute atomic E-state index is 0.197. The lowest BCUT2D eigenvalue weighted by atomic mass is 10.3. The first-order chi connectivity index (χ1) is 5.55. The SMILES string of the molecule is O=S(=O)(Cl)N1CCOCC1CO. The summed E-state index contributed by atoms with van der Waals surface area (Å²) >= 11 is 0. The molecule has 0 amide bonds. The highest BCUT2D eigenvalue weighted by molar-refractivity contribution is 8.11. The summed E-state index contributed by atoms with van der Waals surface area (Å²) < 4.78 is 27.8. The lowest BCUT2D eigenvalue weighted by Crippen LogP contribution is -2.48. The number of hydrogen-bond donors (Lipinski definition) is 1. The zero-order valence-electron chi connectivity index (χ0n) is 6.31. The Kier molecular flexibility index (Phi) is 3.30. The lowest BCUT2D eigenvalue weighted by molar-refractivity contribution is 0.0119. The van der Waals surface area contributed by atoms with Crippen LogP contribution in [0, 0.1) is 0 Å². The Morgan fingerprint density at radius 1 is 1.67 bits per heavy atom. The molecule has 0 radical (unpaired) electrons. The fourth-order valence-electron chi connectivity index (χ4n) is 1.07. The molecule has 0 saturated carbocycles. The van der Waals surface area contributed by atoms with E-state index in [1.807, 2.05) is 0 Å². The number of hydrogen-bond acceptors (Lipinski definition) is 4. The number of aliphatic hydroxyl groups is 1. The van der Waals surface area contributed by atoms with Gasteiger partial charge in [-0.1, -0.05) is 0 Å². The second kappa shape index (κ2) is 3.89. The van der Waals surface area contributed by atoms with E-state index in [0.717, 1.165) is 4.31 Å². The maximum Gasteiger partial charge on any atom is 0.300 e. The molecular weight excluding hydrogens is 206 g/mol. The van der Waals surface area contributed by atoms with E-state index in [4.69, 9.17) is 20.5 Å². The smallest absolute Gasteiger partial charge is 0.300 e. The second-order valence-corrected chi connectivity index (χ2v) is 4.93. The van der Waals surface area contributed by atoms with Gasteiger partial charge in [0, 0.05) is 17.2 Å². The first-order valence-electron chi connectivity index (χ1n) is 3.45. The van der Waals surface area contributed by atoms with Crippen molar-refractivity contribution in [2.45, 2.75) is 6.04 Å². The van der Waals surface area contributed by atoms with Crippen molar-refractivity contribution in [2.24, 2.45) is 0 Å². The van der Waals surface area contributed by atoms with Crippen LogP contribution in [-0.2, 0) is 14.0 Å². The van der Waals surface area contributed by atoms with Crippen LogP contribution in [0.2, 0.25) is 0 Å². The van der Waals surface area contributed by atoms with Gasteiger partial charge in [-0.3, -0.25) is 0 Å². The molecule has 0 aliphatic carbocycles.